The summed E-state index contributed by atoms with van der Waals surface area (Å²) in [6, 6.07) is 4.07. The van der Waals surface area contributed by atoms with Crippen LogP contribution in [0.3, 0.4) is 0 Å². The van der Waals surface area contributed by atoms with E-state index in [-0.39, 0.29) is 5.91 Å². The molecule has 130 valence electrons. The highest BCUT2D eigenvalue weighted by Crippen LogP contribution is 2.39. The van der Waals surface area contributed by atoms with Gasteiger partial charge in [-0.05, 0) is 96.0 Å². The zero-order valence-corrected chi connectivity index (χ0v) is 17.1. The van der Waals surface area contributed by atoms with Crippen molar-refractivity contribution in [3.8, 4) is 0 Å². The van der Waals surface area contributed by atoms with Gasteiger partial charge in [0.25, 0.3) is 5.91 Å². The molecular weight excluding hydrogens is 423 g/mol. The van der Waals surface area contributed by atoms with E-state index in [0.29, 0.717) is 5.92 Å². The largest absolute Gasteiger partial charge is 0.358 e. The van der Waals surface area contributed by atoms with E-state index in [0.717, 1.165) is 35.4 Å². The number of fused-ring (bicyclic) bond motifs is 2. The maximum Gasteiger partial charge on any atom is 0.256 e. The highest BCUT2D eigenvalue weighted by atomic mass is 127. The number of aromatic nitrogens is 1. The van der Waals surface area contributed by atoms with E-state index in [1.807, 2.05) is 6.07 Å². The number of halogens is 1. The fraction of sp³-hybridized carbons (Fsp3) is 0.381. The average Bonchev–Trinajstić information content (AvgIpc) is 3.09. The van der Waals surface area contributed by atoms with Gasteiger partial charge in [-0.25, -0.2) is 0 Å². The Morgan fingerprint density at radius 2 is 1.96 bits per heavy atom. The van der Waals surface area contributed by atoms with Gasteiger partial charge in [0.05, 0.1) is 5.57 Å². The summed E-state index contributed by atoms with van der Waals surface area (Å²) in [6.07, 6.45) is 6.88. The number of aryl methyl sites for hydroxylation is 1. The van der Waals surface area contributed by atoms with Crippen molar-refractivity contribution in [1.82, 2.24) is 4.98 Å². The minimum Gasteiger partial charge on any atom is -0.358 e. The zero-order valence-electron chi connectivity index (χ0n) is 14.9. The lowest BCUT2D eigenvalue weighted by atomic mass is 9.89. The smallest absolute Gasteiger partial charge is 0.256 e. The lowest BCUT2D eigenvalue weighted by Gasteiger charge is -2.14. The van der Waals surface area contributed by atoms with E-state index in [2.05, 4.69) is 65.8 Å². The molecule has 0 atom stereocenters. The summed E-state index contributed by atoms with van der Waals surface area (Å²) >= 11 is 2.34. The van der Waals surface area contributed by atoms with E-state index in [1.54, 1.807) is 0 Å². The van der Waals surface area contributed by atoms with Crippen LogP contribution < -0.4 is 5.32 Å². The summed E-state index contributed by atoms with van der Waals surface area (Å²) in [5, 5.41) is 3.02. The molecule has 0 radical (unpaired) electrons. The van der Waals surface area contributed by atoms with Gasteiger partial charge in [0.2, 0.25) is 0 Å². The third-order valence-corrected chi connectivity index (χ3v) is 6.56. The molecule has 0 bridgehead atoms. The van der Waals surface area contributed by atoms with Gasteiger partial charge in [-0.1, -0.05) is 13.8 Å². The molecule has 2 N–H and O–H groups in total. The van der Waals surface area contributed by atoms with Gasteiger partial charge in [-0.15, -0.1) is 0 Å². The van der Waals surface area contributed by atoms with Gasteiger partial charge in [0, 0.05) is 26.2 Å². The number of carbonyl (C=O) groups excluding carboxylic acids is 1. The second-order valence-corrected chi connectivity index (χ2v) is 8.54. The number of benzene rings is 1. The molecule has 0 unspecified atom stereocenters. The van der Waals surface area contributed by atoms with E-state index in [1.165, 1.54) is 38.8 Å². The number of carbonyl (C=O) groups is 1. The minimum absolute atomic E-state index is 0.00220. The number of nitrogens with one attached hydrogen (secondary N) is 2. The quantitative estimate of drug-likeness (QED) is 0.470. The Kier molecular flexibility index (Phi) is 4.26. The molecule has 2 aliphatic rings. The van der Waals surface area contributed by atoms with E-state index in [4.69, 9.17) is 0 Å². The molecule has 2 aromatic rings. The Bertz CT molecular complexity index is 905. The Morgan fingerprint density at radius 1 is 1.20 bits per heavy atom. The molecule has 0 saturated carbocycles. The summed E-state index contributed by atoms with van der Waals surface area (Å²) in [5.74, 6) is 0.452. The molecule has 25 heavy (non-hydrogen) atoms. The highest BCUT2D eigenvalue weighted by Gasteiger charge is 2.28. The second-order valence-electron chi connectivity index (χ2n) is 7.38. The molecule has 4 rings (SSSR count). The number of rotatable bonds is 2. The first kappa shape index (κ1) is 16.9. The monoisotopic (exact) mass is 446 g/mol. The molecule has 1 amide bonds. The number of H-pyrrole nitrogens is 1. The van der Waals surface area contributed by atoms with Crippen LogP contribution in [0.25, 0.3) is 11.6 Å². The summed E-state index contributed by atoms with van der Waals surface area (Å²) < 4.78 is 1.19. The van der Waals surface area contributed by atoms with Crippen LogP contribution in [0.5, 0.6) is 0 Å². The van der Waals surface area contributed by atoms with E-state index >= 15 is 0 Å². The Morgan fingerprint density at radius 3 is 2.72 bits per heavy atom. The SMILES string of the molecule is Cc1c(I)ccc2c1C(=Cc1[nH]c3c(c1C(C)C)CCCC3)C(=O)N2. The second kappa shape index (κ2) is 6.31. The van der Waals surface area contributed by atoms with Crippen molar-refractivity contribution in [3.05, 3.63) is 49.3 Å². The molecule has 1 aromatic heterocycles. The van der Waals surface area contributed by atoms with Crippen LogP contribution in [0, 0.1) is 10.5 Å². The number of hydrogen-bond acceptors (Lipinski definition) is 1. The Labute approximate surface area is 162 Å². The topological polar surface area (TPSA) is 44.9 Å². The third-order valence-electron chi connectivity index (χ3n) is 5.40. The van der Waals surface area contributed by atoms with Crippen molar-refractivity contribution in [1.29, 1.82) is 0 Å². The predicted octanol–water partition coefficient (Wildman–Crippen LogP) is 5.42. The first-order valence-electron chi connectivity index (χ1n) is 9.03. The molecule has 2 heterocycles. The van der Waals surface area contributed by atoms with E-state index < -0.39 is 0 Å². The van der Waals surface area contributed by atoms with Crippen LogP contribution in [-0.4, -0.2) is 10.9 Å². The molecule has 3 nitrogen and oxygen atoms in total. The predicted molar refractivity (Wildman–Crippen MR) is 112 cm³/mol. The lowest BCUT2D eigenvalue weighted by molar-refractivity contribution is -0.110. The molecule has 1 aromatic carbocycles. The van der Waals surface area contributed by atoms with Crippen molar-refractivity contribution >= 4 is 45.8 Å². The van der Waals surface area contributed by atoms with Crippen LogP contribution in [0.1, 0.15) is 66.2 Å². The maximum absolute atomic E-state index is 12.6. The van der Waals surface area contributed by atoms with Crippen molar-refractivity contribution < 1.29 is 4.79 Å². The van der Waals surface area contributed by atoms with Crippen molar-refractivity contribution in [3.63, 3.8) is 0 Å². The van der Waals surface area contributed by atoms with Crippen molar-refractivity contribution in [2.24, 2.45) is 0 Å². The minimum atomic E-state index is 0.00220. The number of amides is 1. The molecule has 4 heteroatoms. The van der Waals surface area contributed by atoms with Gasteiger partial charge in [0.15, 0.2) is 0 Å². The van der Waals surface area contributed by atoms with Crippen LogP contribution in [0.15, 0.2) is 12.1 Å². The molecular formula is C21H23IN2O. The first-order valence-corrected chi connectivity index (χ1v) is 10.1. The molecule has 0 spiro atoms. The number of aromatic amines is 1. The average molecular weight is 446 g/mol. The molecule has 0 saturated heterocycles. The van der Waals surface area contributed by atoms with Crippen molar-refractivity contribution in [2.75, 3.05) is 5.32 Å². The summed E-state index contributed by atoms with van der Waals surface area (Å²) in [6.45, 7) is 6.59. The third kappa shape index (κ3) is 2.75. The number of hydrogen-bond donors (Lipinski definition) is 2. The standard InChI is InChI=1S/C21H23IN2O/c1-11(2)19-13-6-4-5-7-16(13)23-18(19)10-14-20-12(3)15(22)8-9-17(20)24-21(14)25/h8-11,23H,4-7H2,1-3H3,(H,24,25). The normalized spacial score (nSPS) is 17.8. The molecule has 0 fully saturated rings. The zero-order chi connectivity index (χ0) is 17.7. The van der Waals surface area contributed by atoms with Crippen LogP contribution >= 0.6 is 22.6 Å². The fourth-order valence-corrected chi connectivity index (χ4v) is 4.68. The summed E-state index contributed by atoms with van der Waals surface area (Å²) in [5.41, 5.74) is 9.32. The van der Waals surface area contributed by atoms with Gasteiger partial charge in [0.1, 0.15) is 0 Å². The van der Waals surface area contributed by atoms with Crippen LogP contribution in [0.4, 0.5) is 5.69 Å². The molecule has 1 aliphatic heterocycles. The van der Waals surface area contributed by atoms with Gasteiger partial charge in [-0.3, -0.25) is 4.79 Å². The van der Waals surface area contributed by atoms with Gasteiger partial charge in [-0.2, -0.15) is 0 Å². The Hall–Kier alpha value is -1.56. The van der Waals surface area contributed by atoms with Crippen LogP contribution in [0.2, 0.25) is 0 Å². The Balaban J connectivity index is 1.90. The van der Waals surface area contributed by atoms with E-state index in [9.17, 15) is 4.79 Å². The highest BCUT2D eigenvalue weighted by molar-refractivity contribution is 14.1. The van der Waals surface area contributed by atoms with Crippen molar-refractivity contribution in [2.45, 2.75) is 52.4 Å². The first-order chi connectivity index (χ1) is 12.0. The maximum atomic E-state index is 12.6. The fourth-order valence-electron chi connectivity index (χ4n) is 4.23. The van der Waals surface area contributed by atoms with Gasteiger partial charge >= 0.3 is 0 Å². The summed E-state index contributed by atoms with van der Waals surface area (Å²) in [4.78, 5) is 16.3. The summed E-state index contributed by atoms with van der Waals surface area (Å²) in [7, 11) is 0. The number of anilines is 1. The van der Waals surface area contributed by atoms with Crippen LogP contribution in [-0.2, 0) is 17.6 Å². The lowest BCUT2D eigenvalue weighted by Crippen LogP contribution is -2.04. The van der Waals surface area contributed by atoms with Gasteiger partial charge < -0.3 is 10.3 Å². The molecule has 1 aliphatic carbocycles.